The van der Waals surface area contributed by atoms with Gasteiger partial charge in [0.15, 0.2) is 17.5 Å². The molecular formula is C58H47N3. The maximum atomic E-state index is 5.31. The highest BCUT2D eigenvalue weighted by molar-refractivity contribution is 6.04. The molecule has 7 aromatic rings. The second-order valence-electron chi connectivity index (χ2n) is 15.3. The van der Waals surface area contributed by atoms with Crippen molar-refractivity contribution in [3.63, 3.8) is 0 Å². The van der Waals surface area contributed by atoms with E-state index < -0.39 is 0 Å². The van der Waals surface area contributed by atoms with Crippen LogP contribution in [0.5, 0.6) is 0 Å². The summed E-state index contributed by atoms with van der Waals surface area (Å²) in [5.74, 6) is 1.81. The Balaban J connectivity index is 1.12. The van der Waals surface area contributed by atoms with Gasteiger partial charge in [0.05, 0.1) is 0 Å². The van der Waals surface area contributed by atoms with Crippen molar-refractivity contribution in [2.75, 3.05) is 0 Å². The summed E-state index contributed by atoms with van der Waals surface area (Å²) in [6.45, 7) is 6.19. The molecule has 0 bridgehead atoms. The molecule has 294 valence electrons. The molecule has 2 aliphatic carbocycles. The van der Waals surface area contributed by atoms with Crippen LogP contribution in [0.15, 0.2) is 213 Å². The van der Waals surface area contributed by atoms with Gasteiger partial charge in [-0.1, -0.05) is 189 Å². The second-order valence-corrected chi connectivity index (χ2v) is 15.3. The molecule has 0 aliphatic heterocycles. The Morgan fingerprint density at radius 3 is 1.56 bits per heavy atom. The van der Waals surface area contributed by atoms with Crippen molar-refractivity contribution < 1.29 is 0 Å². The highest BCUT2D eigenvalue weighted by atomic mass is 15.0. The lowest BCUT2D eigenvalue weighted by molar-refractivity contribution is 1.04. The minimum atomic E-state index is 0.592. The molecule has 2 aliphatic rings. The molecule has 0 spiro atoms. The van der Waals surface area contributed by atoms with Crippen molar-refractivity contribution in [1.29, 1.82) is 0 Å². The van der Waals surface area contributed by atoms with Gasteiger partial charge in [-0.05, 0) is 124 Å². The standard InChI is InChI=1S/C58H47N3/c1-3-20-53(50-33-18-31-48(39-50)46-29-16-27-44(37-46)41-21-8-5-9-22-41)52(4-2)57-59-56(43-25-12-7-13-26-43)60-58(61-57)55-36-15-14-35-54(55)51-34-19-32-49(40-51)47-30-17-28-45(38-47)42-23-10-6-11-24-42/h3-4,7-8,10,12-40H,1,5-6,9,11H2,2H3/b52-4+,53-20-. The predicted molar refractivity (Wildman–Crippen MR) is 258 cm³/mol. The van der Waals surface area contributed by atoms with Crippen molar-refractivity contribution >= 4 is 22.3 Å². The molecule has 0 atom stereocenters. The quantitative estimate of drug-likeness (QED) is 0.123. The summed E-state index contributed by atoms with van der Waals surface area (Å²) in [6.07, 6.45) is 24.0. The average Bonchev–Trinajstić information content (AvgIpc) is 3.35. The van der Waals surface area contributed by atoms with Crippen molar-refractivity contribution in [1.82, 2.24) is 15.0 Å². The smallest absolute Gasteiger partial charge is 0.164 e. The van der Waals surface area contributed by atoms with Gasteiger partial charge in [-0.15, -0.1) is 0 Å². The lowest BCUT2D eigenvalue weighted by Gasteiger charge is -2.16. The van der Waals surface area contributed by atoms with Crippen LogP contribution in [0, 0.1) is 0 Å². The maximum absolute atomic E-state index is 5.31. The number of hydrogen-bond acceptors (Lipinski definition) is 3. The fourth-order valence-electron chi connectivity index (χ4n) is 8.27. The summed E-state index contributed by atoms with van der Waals surface area (Å²) in [7, 11) is 0. The normalized spacial score (nSPS) is 14.0. The van der Waals surface area contributed by atoms with Crippen molar-refractivity contribution in [3.05, 3.63) is 235 Å². The Morgan fingerprint density at radius 1 is 0.459 bits per heavy atom. The van der Waals surface area contributed by atoms with E-state index in [0.717, 1.165) is 75.8 Å². The van der Waals surface area contributed by atoms with Gasteiger partial charge in [-0.2, -0.15) is 0 Å². The molecule has 0 saturated carbocycles. The molecule has 61 heavy (non-hydrogen) atoms. The fourth-order valence-corrected chi connectivity index (χ4v) is 8.27. The lowest BCUT2D eigenvalue weighted by Crippen LogP contribution is -2.05. The molecule has 0 radical (unpaired) electrons. The zero-order valence-corrected chi connectivity index (χ0v) is 34.5. The van der Waals surface area contributed by atoms with Crippen molar-refractivity contribution in [2.24, 2.45) is 0 Å². The predicted octanol–water partition coefficient (Wildman–Crippen LogP) is 15.3. The number of rotatable bonds is 11. The minimum absolute atomic E-state index is 0.592. The van der Waals surface area contributed by atoms with E-state index in [2.05, 4.69) is 189 Å². The number of allylic oxidation sites excluding steroid dienone is 13. The van der Waals surface area contributed by atoms with Crippen LogP contribution in [0.4, 0.5) is 0 Å². The largest absolute Gasteiger partial charge is 0.208 e. The Labute approximate surface area is 360 Å². The third-order valence-corrected chi connectivity index (χ3v) is 11.3. The first kappa shape index (κ1) is 39.0. The Morgan fingerprint density at radius 2 is 0.967 bits per heavy atom. The van der Waals surface area contributed by atoms with E-state index in [1.54, 1.807) is 0 Å². The van der Waals surface area contributed by atoms with Crippen LogP contribution in [-0.4, -0.2) is 15.0 Å². The molecule has 1 aromatic heterocycles. The topological polar surface area (TPSA) is 38.7 Å². The van der Waals surface area contributed by atoms with E-state index in [1.165, 1.54) is 33.4 Å². The highest BCUT2D eigenvalue weighted by Crippen LogP contribution is 2.38. The Hall–Kier alpha value is -7.49. The van der Waals surface area contributed by atoms with Gasteiger partial charge in [-0.3, -0.25) is 0 Å². The van der Waals surface area contributed by atoms with Gasteiger partial charge in [0.1, 0.15) is 0 Å². The number of nitrogens with zero attached hydrogens (tertiary/aromatic N) is 3. The molecular weight excluding hydrogens is 739 g/mol. The van der Waals surface area contributed by atoms with Crippen LogP contribution < -0.4 is 0 Å². The van der Waals surface area contributed by atoms with Crippen LogP contribution >= 0.6 is 0 Å². The molecule has 0 fully saturated rings. The van der Waals surface area contributed by atoms with Gasteiger partial charge in [0.2, 0.25) is 0 Å². The molecule has 3 nitrogen and oxygen atoms in total. The van der Waals surface area contributed by atoms with Crippen LogP contribution in [0.25, 0.3) is 78.4 Å². The first-order valence-electron chi connectivity index (χ1n) is 21.2. The van der Waals surface area contributed by atoms with Gasteiger partial charge < -0.3 is 0 Å². The molecule has 0 saturated heterocycles. The summed E-state index contributed by atoms with van der Waals surface area (Å²) in [6, 6.07) is 53.7. The number of benzene rings is 6. The third kappa shape index (κ3) is 8.64. The van der Waals surface area contributed by atoms with Crippen LogP contribution in [0.3, 0.4) is 0 Å². The lowest BCUT2D eigenvalue weighted by atomic mass is 9.92. The third-order valence-electron chi connectivity index (χ3n) is 11.3. The number of hydrogen-bond donors (Lipinski definition) is 0. The van der Waals surface area contributed by atoms with Gasteiger partial charge in [0, 0.05) is 16.7 Å². The Bertz CT molecular complexity index is 2940. The van der Waals surface area contributed by atoms with Crippen molar-refractivity contribution in [2.45, 2.75) is 32.6 Å². The summed E-state index contributed by atoms with van der Waals surface area (Å²) < 4.78 is 0. The molecule has 0 N–H and O–H groups in total. The van der Waals surface area contributed by atoms with Crippen molar-refractivity contribution in [3.8, 4) is 56.2 Å². The van der Waals surface area contributed by atoms with E-state index in [1.807, 2.05) is 31.2 Å². The fraction of sp³-hybridized carbons (Fsp3) is 0.0862. The van der Waals surface area contributed by atoms with E-state index in [4.69, 9.17) is 15.0 Å². The molecule has 0 unspecified atom stereocenters. The first-order valence-corrected chi connectivity index (χ1v) is 21.2. The maximum Gasteiger partial charge on any atom is 0.164 e. The molecule has 0 amide bonds. The van der Waals surface area contributed by atoms with Gasteiger partial charge >= 0.3 is 0 Å². The average molecular weight is 786 g/mol. The molecule has 9 rings (SSSR count). The summed E-state index contributed by atoms with van der Waals surface area (Å²) in [4.78, 5) is 15.7. The van der Waals surface area contributed by atoms with Crippen LogP contribution in [-0.2, 0) is 0 Å². The van der Waals surface area contributed by atoms with Crippen LogP contribution in [0.2, 0.25) is 0 Å². The van der Waals surface area contributed by atoms with Gasteiger partial charge in [0.25, 0.3) is 0 Å². The number of aromatic nitrogens is 3. The summed E-state index contributed by atoms with van der Waals surface area (Å²) in [5.41, 5.74) is 16.6. The van der Waals surface area contributed by atoms with E-state index in [9.17, 15) is 0 Å². The second kappa shape index (κ2) is 18.2. The molecule has 6 aromatic carbocycles. The monoisotopic (exact) mass is 785 g/mol. The van der Waals surface area contributed by atoms with Gasteiger partial charge in [-0.25, -0.2) is 15.0 Å². The molecule has 3 heteroatoms. The zero-order chi connectivity index (χ0) is 41.4. The SMILES string of the molecule is C=C/C=C(\C(=C/C)c1nc(-c2ccccc2)nc(-c2ccccc2-c2cccc(-c3cccc(C4=CCCC=C4)c3)c2)n1)c1cccc(-c2cccc(C3=CCCC=C3)c2)c1. The Kier molecular flexibility index (Phi) is 11.6. The summed E-state index contributed by atoms with van der Waals surface area (Å²) in [5, 5.41) is 0. The minimum Gasteiger partial charge on any atom is -0.208 e. The highest BCUT2D eigenvalue weighted by Gasteiger charge is 2.20. The van der Waals surface area contributed by atoms with Crippen LogP contribution in [0.1, 0.15) is 55.1 Å². The van der Waals surface area contributed by atoms with E-state index in [-0.39, 0.29) is 0 Å². The molecule has 1 heterocycles. The summed E-state index contributed by atoms with van der Waals surface area (Å²) >= 11 is 0. The first-order chi connectivity index (χ1) is 30.1. The zero-order valence-electron chi connectivity index (χ0n) is 34.5. The van der Waals surface area contributed by atoms with E-state index in [0.29, 0.717) is 17.5 Å². The van der Waals surface area contributed by atoms with E-state index >= 15 is 0 Å².